The Hall–Kier alpha value is -1.78. The van der Waals surface area contributed by atoms with Crippen LogP contribution < -0.4 is 4.57 Å². The van der Waals surface area contributed by atoms with Crippen LogP contribution in [0.15, 0.2) is 24.5 Å². The van der Waals surface area contributed by atoms with Gasteiger partial charge in [-0.25, -0.2) is 9.36 Å². The molecule has 0 bridgehead atoms. The predicted molar refractivity (Wildman–Crippen MR) is 42.4 cm³/mol. The highest BCUT2D eigenvalue weighted by Gasteiger charge is 2.30. The van der Waals surface area contributed by atoms with Gasteiger partial charge in [0.1, 0.15) is 12.4 Å². The molecule has 1 aliphatic rings. The molecular weight excluding hydrogens is 172 g/mol. The van der Waals surface area contributed by atoms with Crippen LogP contribution in [0.4, 0.5) is 0 Å². The number of aliphatic hydroxyl groups is 1. The van der Waals surface area contributed by atoms with E-state index in [1.54, 1.807) is 23.3 Å². The topological polar surface area (TPSA) is 55.3 Å². The number of esters is 1. The van der Waals surface area contributed by atoms with E-state index >= 15 is 0 Å². The Morgan fingerprint density at radius 1 is 1.69 bits per heavy atom. The molecule has 5 nitrogen and oxygen atoms in total. The van der Waals surface area contributed by atoms with Gasteiger partial charge in [-0.3, -0.25) is 0 Å². The first-order valence-electron chi connectivity index (χ1n) is 3.81. The molecule has 0 radical (unpaired) electrons. The normalized spacial score (nSPS) is 16.5. The highest BCUT2D eigenvalue weighted by Crippen LogP contribution is 2.17. The van der Waals surface area contributed by atoms with E-state index in [0.29, 0.717) is 0 Å². The van der Waals surface area contributed by atoms with Crippen LogP contribution in [0.1, 0.15) is 0 Å². The minimum Gasteiger partial charge on any atom is -0.505 e. The summed E-state index contributed by atoms with van der Waals surface area (Å²) < 4.78 is 7.95. The summed E-state index contributed by atoms with van der Waals surface area (Å²) in [6.07, 6.45) is 5.13. The van der Waals surface area contributed by atoms with Gasteiger partial charge in [-0.1, -0.05) is 0 Å². The lowest BCUT2D eigenvalue weighted by atomic mass is 10.4. The standard InChI is InChI=1S/C8H8N2O3/c1-9-2-3-10(5-9)7-6(11)4-13-8(7)12/h2-3,5H,4H2,1H3/p+1. The first kappa shape index (κ1) is 7.85. The van der Waals surface area contributed by atoms with Crippen molar-refractivity contribution in [2.45, 2.75) is 0 Å². The second kappa shape index (κ2) is 2.62. The lowest BCUT2D eigenvalue weighted by Gasteiger charge is -1.91. The zero-order valence-electron chi connectivity index (χ0n) is 7.10. The van der Waals surface area contributed by atoms with E-state index in [0.717, 1.165) is 0 Å². The largest absolute Gasteiger partial charge is 0.505 e. The van der Waals surface area contributed by atoms with Crippen LogP contribution in [0.5, 0.6) is 0 Å². The smallest absolute Gasteiger partial charge is 0.383 e. The Balaban J connectivity index is 2.46. The van der Waals surface area contributed by atoms with Gasteiger partial charge in [-0.05, 0) is 0 Å². The average Bonchev–Trinajstić information content (AvgIpc) is 2.60. The van der Waals surface area contributed by atoms with Crippen LogP contribution in [0.3, 0.4) is 0 Å². The van der Waals surface area contributed by atoms with Gasteiger partial charge in [0.05, 0.1) is 7.05 Å². The molecule has 13 heavy (non-hydrogen) atoms. The summed E-state index contributed by atoms with van der Waals surface area (Å²) in [5, 5.41) is 9.33. The molecule has 1 aromatic heterocycles. The number of nitrogens with zero attached hydrogens (tertiary/aromatic N) is 2. The number of cyclic esters (lactones) is 1. The molecule has 0 fully saturated rings. The van der Waals surface area contributed by atoms with Crippen LogP contribution in [-0.2, 0) is 16.6 Å². The monoisotopic (exact) mass is 181 g/mol. The van der Waals surface area contributed by atoms with E-state index in [4.69, 9.17) is 0 Å². The molecule has 0 unspecified atom stereocenters. The lowest BCUT2D eigenvalue weighted by molar-refractivity contribution is -0.670. The summed E-state index contributed by atoms with van der Waals surface area (Å²) >= 11 is 0. The van der Waals surface area contributed by atoms with Crippen LogP contribution >= 0.6 is 0 Å². The number of imidazole rings is 1. The highest BCUT2D eigenvalue weighted by molar-refractivity contribution is 6.12. The summed E-state index contributed by atoms with van der Waals surface area (Å²) in [5.41, 5.74) is 0.195. The maximum absolute atomic E-state index is 11.1. The number of aliphatic hydroxyl groups excluding tert-OH is 1. The zero-order chi connectivity index (χ0) is 9.42. The van der Waals surface area contributed by atoms with Crippen molar-refractivity contribution >= 4 is 11.7 Å². The van der Waals surface area contributed by atoms with Gasteiger partial charge in [0.25, 0.3) is 5.70 Å². The molecule has 2 rings (SSSR count). The number of ether oxygens (including phenoxy) is 1. The molecule has 0 aliphatic carbocycles. The summed E-state index contributed by atoms with van der Waals surface area (Å²) in [6, 6.07) is 0. The van der Waals surface area contributed by atoms with Crippen LogP contribution in [0, 0.1) is 0 Å². The van der Waals surface area contributed by atoms with E-state index in [1.165, 1.54) is 4.57 Å². The highest BCUT2D eigenvalue weighted by atomic mass is 16.5. The molecule has 1 aliphatic heterocycles. The van der Waals surface area contributed by atoms with E-state index in [2.05, 4.69) is 4.74 Å². The van der Waals surface area contributed by atoms with E-state index < -0.39 is 5.97 Å². The minimum absolute atomic E-state index is 0.0267. The van der Waals surface area contributed by atoms with E-state index in [-0.39, 0.29) is 18.1 Å². The van der Waals surface area contributed by atoms with Crippen molar-refractivity contribution in [2.75, 3.05) is 6.61 Å². The van der Waals surface area contributed by atoms with Crippen molar-refractivity contribution < 1.29 is 19.2 Å². The van der Waals surface area contributed by atoms with Gasteiger partial charge in [-0.15, -0.1) is 0 Å². The molecule has 2 heterocycles. The third-order valence-electron chi connectivity index (χ3n) is 1.83. The molecule has 0 atom stereocenters. The predicted octanol–water partition coefficient (Wildman–Crippen LogP) is -0.404. The first-order valence-corrected chi connectivity index (χ1v) is 3.81. The van der Waals surface area contributed by atoms with E-state index in [1.807, 2.05) is 7.05 Å². The molecular formula is C8H9N2O3+. The summed E-state index contributed by atoms with van der Waals surface area (Å²) in [6.45, 7) is -0.0317. The Morgan fingerprint density at radius 2 is 2.46 bits per heavy atom. The molecule has 0 aromatic carbocycles. The van der Waals surface area contributed by atoms with Crippen molar-refractivity contribution in [3.8, 4) is 0 Å². The fourth-order valence-corrected chi connectivity index (χ4v) is 1.23. The van der Waals surface area contributed by atoms with Crippen molar-refractivity contribution in [1.29, 1.82) is 0 Å². The fourth-order valence-electron chi connectivity index (χ4n) is 1.23. The van der Waals surface area contributed by atoms with Gasteiger partial charge in [0.2, 0.25) is 6.33 Å². The maximum Gasteiger partial charge on any atom is 0.383 e. The number of aryl methyl sites for hydroxylation is 1. The van der Waals surface area contributed by atoms with E-state index in [9.17, 15) is 9.90 Å². The van der Waals surface area contributed by atoms with Gasteiger partial charge >= 0.3 is 5.97 Å². The Kier molecular flexibility index (Phi) is 1.58. The van der Waals surface area contributed by atoms with Gasteiger partial charge in [0, 0.05) is 0 Å². The molecule has 0 spiro atoms. The lowest BCUT2D eigenvalue weighted by Crippen LogP contribution is -2.24. The summed E-state index contributed by atoms with van der Waals surface area (Å²) in [4.78, 5) is 11.1. The molecule has 5 heteroatoms. The zero-order valence-corrected chi connectivity index (χ0v) is 7.10. The minimum atomic E-state index is -0.492. The van der Waals surface area contributed by atoms with Crippen LogP contribution in [-0.4, -0.2) is 22.2 Å². The van der Waals surface area contributed by atoms with Crippen LogP contribution in [0.25, 0.3) is 5.70 Å². The van der Waals surface area contributed by atoms with Gasteiger partial charge < -0.3 is 9.84 Å². The Labute approximate surface area is 74.5 Å². The number of hydrogen-bond acceptors (Lipinski definition) is 3. The maximum atomic E-state index is 11.1. The number of hydrogen-bond donors (Lipinski definition) is 1. The number of aromatic nitrogens is 2. The first-order chi connectivity index (χ1) is 6.18. The Bertz CT molecular complexity index is 392. The summed E-state index contributed by atoms with van der Waals surface area (Å²) in [7, 11) is 1.83. The van der Waals surface area contributed by atoms with Gasteiger partial charge in [0.15, 0.2) is 12.4 Å². The SMILES string of the molecule is C[n+]1ccn(C2=C(O)COC2=O)c1. The van der Waals surface area contributed by atoms with Gasteiger partial charge in [-0.2, -0.15) is 4.57 Å². The second-order valence-electron chi connectivity index (χ2n) is 2.86. The van der Waals surface area contributed by atoms with Crippen molar-refractivity contribution in [2.24, 2.45) is 7.05 Å². The third kappa shape index (κ3) is 1.18. The third-order valence-corrected chi connectivity index (χ3v) is 1.83. The Morgan fingerprint density at radius 3 is 2.92 bits per heavy atom. The number of rotatable bonds is 1. The number of carbonyl (C=O) groups is 1. The molecule has 0 saturated heterocycles. The fraction of sp³-hybridized carbons (Fsp3) is 0.250. The van der Waals surface area contributed by atoms with Crippen LogP contribution in [0.2, 0.25) is 0 Å². The second-order valence-corrected chi connectivity index (χ2v) is 2.86. The van der Waals surface area contributed by atoms with Crippen molar-refractivity contribution in [3.63, 3.8) is 0 Å². The average molecular weight is 181 g/mol. The van der Waals surface area contributed by atoms with Crippen molar-refractivity contribution in [1.82, 2.24) is 4.57 Å². The number of carbonyl (C=O) groups excluding carboxylic acids is 1. The molecule has 1 N–H and O–H groups in total. The molecule has 0 saturated carbocycles. The molecule has 0 amide bonds. The quantitative estimate of drug-likeness (QED) is 0.473. The summed E-state index contributed by atoms with van der Waals surface area (Å²) in [5.74, 6) is -0.519. The molecule has 68 valence electrons. The molecule has 1 aromatic rings. The van der Waals surface area contributed by atoms with Crippen molar-refractivity contribution in [3.05, 3.63) is 24.5 Å².